The van der Waals surface area contributed by atoms with E-state index in [0.717, 1.165) is 18.7 Å². The van der Waals surface area contributed by atoms with Gasteiger partial charge in [0, 0.05) is 19.5 Å². The number of carbonyl (C=O) groups is 2. The SMILES string of the molecule is C=C(C)CN(CC)CCC(=O)NC(N)=O. The molecule has 0 aromatic rings. The van der Waals surface area contributed by atoms with E-state index in [-0.39, 0.29) is 12.3 Å². The molecule has 15 heavy (non-hydrogen) atoms. The van der Waals surface area contributed by atoms with Gasteiger partial charge in [0.1, 0.15) is 0 Å². The van der Waals surface area contributed by atoms with Gasteiger partial charge in [-0.2, -0.15) is 0 Å². The lowest BCUT2D eigenvalue weighted by atomic mass is 10.3. The topological polar surface area (TPSA) is 75.4 Å². The summed E-state index contributed by atoms with van der Waals surface area (Å²) in [6, 6.07) is -0.803. The van der Waals surface area contributed by atoms with Crippen molar-refractivity contribution in [1.29, 1.82) is 0 Å². The van der Waals surface area contributed by atoms with Crippen molar-refractivity contribution in [1.82, 2.24) is 10.2 Å². The predicted molar refractivity (Wildman–Crippen MR) is 59.3 cm³/mol. The van der Waals surface area contributed by atoms with E-state index in [1.54, 1.807) is 0 Å². The van der Waals surface area contributed by atoms with E-state index in [1.807, 2.05) is 19.2 Å². The first-order valence-electron chi connectivity index (χ1n) is 4.91. The van der Waals surface area contributed by atoms with Gasteiger partial charge in [-0.3, -0.25) is 15.0 Å². The molecular formula is C10H19N3O2. The van der Waals surface area contributed by atoms with Crippen molar-refractivity contribution in [3.05, 3.63) is 12.2 Å². The number of hydrogen-bond acceptors (Lipinski definition) is 3. The number of primary amides is 1. The summed E-state index contributed by atoms with van der Waals surface area (Å²) < 4.78 is 0. The minimum absolute atomic E-state index is 0.268. The van der Waals surface area contributed by atoms with Crippen LogP contribution in [0.3, 0.4) is 0 Å². The molecule has 0 saturated carbocycles. The molecule has 3 N–H and O–H groups in total. The normalized spacial score (nSPS) is 10.1. The van der Waals surface area contributed by atoms with E-state index in [0.29, 0.717) is 6.54 Å². The van der Waals surface area contributed by atoms with Crippen molar-refractivity contribution in [3.8, 4) is 0 Å². The highest BCUT2D eigenvalue weighted by Crippen LogP contribution is 1.97. The molecular weight excluding hydrogens is 194 g/mol. The van der Waals surface area contributed by atoms with Gasteiger partial charge in [0.05, 0.1) is 0 Å². The molecule has 0 aromatic carbocycles. The van der Waals surface area contributed by atoms with Crippen LogP contribution in [-0.2, 0) is 4.79 Å². The highest BCUT2D eigenvalue weighted by molar-refractivity contribution is 5.93. The third-order valence-electron chi connectivity index (χ3n) is 1.86. The fourth-order valence-corrected chi connectivity index (χ4v) is 1.19. The largest absolute Gasteiger partial charge is 0.351 e. The van der Waals surface area contributed by atoms with E-state index < -0.39 is 6.03 Å². The molecule has 0 heterocycles. The molecule has 0 atom stereocenters. The minimum atomic E-state index is -0.803. The standard InChI is InChI=1S/C10H19N3O2/c1-4-13(7-8(2)3)6-5-9(14)12-10(11)15/h2,4-7H2,1,3H3,(H3,11,12,14,15). The summed E-state index contributed by atoms with van der Waals surface area (Å²) in [5.74, 6) is -0.345. The number of nitrogens with zero attached hydrogens (tertiary/aromatic N) is 1. The first kappa shape index (κ1) is 13.6. The molecule has 86 valence electrons. The zero-order valence-electron chi connectivity index (χ0n) is 9.38. The summed E-state index contributed by atoms with van der Waals surface area (Å²) in [6.45, 7) is 9.96. The average Bonchev–Trinajstić information content (AvgIpc) is 2.10. The smallest absolute Gasteiger partial charge is 0.318 e. The minimum Gasteiger partial charge on any atom is -0.351 e. The lowest BCUT2D eigenvalue weighted by Gasteiger charge is -2.19. The molecule has 0 unspecified atom stereocenters. The quantitative estimate of drug-likeness (QED) is 0.630. The molecule has 0 aromatic heterocycles. The second kappa shape index (κ2) is 7.00. The van der Waals surface area contributed by atoms with Crippen LogP contribution >= 0.6 is 0 Å². The Morgan fingerprint density at radius 3 is 2.47 bits per heavy atom. The van der Waals surface area contributed by atoms with Crippen LogP contribution in [0.4, 0.5) is 4.79 Å². The molecule has 0 aliphatic heterocycles. The summed E-state index contributed by atoms with van der Waals surface area (Å²) in [7, 11) is 0. The lowest BCUT2D eigenvalue weighted by molar-refractivity contribution is -0.120. The van der Waals surface area contributed by atoms with Crippen molar-refractivity contribution >= 4 is 11.9 Å². The van der Waals surface area contributed by atoms with Gasteiger partial charge in [-0.1, -0.05) is 19.1 Å². The number of rotatable bonds is 6. The van der Waals surface area contributed by atoms with E-state index in [9.17, 15) is 9.59 Å². The summed E-state index contributed by atoms with van der Waals surface area (Å²) in [5, 5.41) is 2.03. The summed E-state index contributed by atoms with van der Waals surface area (Å²) in [5.41, 5.74) is 5.86. The Hall–Kier alpha value is -1.36. The van der Waals surface area contributed by atoms with Crippen molar-refractivity contribution in [2.75, 3.05) is 19.6 Å². The van der Waals surface area contributed by atoms with Crippen LogP contribution in [0.25, 0.3) is 0 Å². The van der Waals surface area contributed by atoms with Crippen molar-refractivity contribution in [2.24, 2.45) is 5.73 Å². The third-order valence-corrected chi connectivity index (χ3v) is 1.86. The molecule has 0 bridgehead atoms. The fraction of sp³-hybridized carbons (Fsp3) is 0.600. The number of amides is 3. The van der Waals surface area contributed by atoms with Gasteiger partial charge in [0.15, 0.2) is 0 Å². The zero-order chi connectivity index (χ0) is 11.8. The molecule has 0 aliphatic rings. The second-order valence-electron chi connectivity index (χ2n) is 3.49. The van der Waals surface area contributed by atoms with Gasteiger partial charge >= 0.3 is 6.03 Å². The maximum absolute atomic E-state index is 11.1. The average molecular weight is 213 g/mol. The molecule has 3 amide bonds. The first-order valence-corrected chi connectivity index (χ1v) is 4.91. The summed E-state index contributed by atoms with van der Waals surface area (Å²) in [4.78, 5) is 23.5. The van der Waals surface area contributed by atoms with Crippen molar-refractivity contribution in [2.45, 2.75) is 20.3 Å². The Kier molecular flexibility index (Phi) is 6.37. The second-order valence-corrected chi connectivity index (χ2v) is 3.49. The van der Waals surface area contributed by atoms with E-state index >= 15 is 0 Å². The number of imide groups is 1. The third kappa shape index (κ3) is 7.69. The van der Waals surface area contributed by atoms with Crippen molar-refractivity contribution in [3.63, 3.8) is 0 Å². The Bertz CT molecular complexity index is 251. The van der Waals surface area contributed by atoms with Crippen LogP contribution in [0.2, 0.25) is 0 Å². The van der Waals surface area contributed by atoms with E-state index in [1.165, 1.54) is 0 Å². The van der Waals surface area contributed by atoms with E-state index in [4.69, 9.17) is 5.73 Å². The monoisotopic (exact) mass is 213 g/mol. The number of urea groups is 1. The van der Waals surface area contributed by atoms with Gasteiger partial charge in [-0.25, -0.2) is 4.79 Å². The molecule has 5 nitrogen and oxygen atoms in total. The predicted octanol–water partition coefficient (Wildman–Crippen LogP) is 0.469. The van der Waals surface area contributed by atoms with Crippen LogP contribution in [-0.4, -0.2) is 36.5 Å². The Morgan fingerprint density at radius 1 is 1.47 bits per heavy atom. The first-order chi connectivity index (χ1) is 6.95. The lowest BCUT2D eigenvalue weighted by Crippen LogP contribution is -2.37. The molecule has 0 radical (unpaired) electrons. The fourth-order valence-electron chi connectivity index (χ4n) is 1.19. The van der Waals surface area contributed by atoms with Crippen LogP contribution < -0.4 is 11.1 Å². The maximum Gasteiger partial charge on any atom is 0.318 e. The van der Waals surface area contributed by atoms with Crippen LogP contribution in [0.5, 0.6) is 0 Å². The highest BCUT2D eigenvalue weighted by atomic mass is 16.2. The molecule has 0 spiro atoms. The van der Waals surface area contributed by atoms with Crippen LogP contribution in [0, 0.1) is 0 Å². The van der Waals surface area contributed by atoms with Gasteiger partial charge in [-0.05, 0) is 13.5 Å². The maximum atomic E-state index is 11.1. The number of likely N-dealkylation sites (N-methyl/N-ethyl adjacent to an activating group) is 1. The molecule has 0 saturated heterocycles. The van der Waals surface area contributed by atoms with Gasteiger partial charge in [0.25, 0.3) is 0 Å². The van der Waals surface area contributed by atoms with Gasteiger partial charge in [0.2, 0.25) is 5.91 Å². The van der Waals surface area contributed by atoms with E-state index in [2.05, 4.69) is 11.5 Å². The summed E-state index contributed by atoms with van der Waals surface area (Å²) in [6.07, 6.45) is 0.268. The number of nitrogens with one attached hydrogen (secondary N) is 1. The van der Waals surface area contributed by atoms with Crippen LogP contribution in [0.15, 0.2) is 12.2 Å². The van der Waals surface area contributed by atoms with Gasteiger partial charge in [-0.15, -0.1) is 0 Å². The molecule has 0 rings (SSSR count). The van der Waals surface area contributed by atoms with Gasteiger partial charge < -0.3 is 5.73 Å². The molecule has 5 heteroatoms. The Balaban J connectivity index is 3.84. The molecule has 0 aliphatic carbocycles. The Labute approximate surface area is 90.3 Å². The number of carbonyl (C=O) groups excluding carboxylic acids is 2. The van der Waals surface area contributed by atoms with Crippen LogP contribution in [0.1, 0.15) is 20.3 Å². The van der Waals surface area contributed by atoms with Crippen molar-refractivity contribution < 1.29 is 9.59 Å². The number of nitrogens with two attached hydrogens (primary N) is 1. The zero-order valence-corrected chi connectivity index (χ0v) is 9.38. The number of hydrogen-bond donors (Lipinski definition) is 2. The molecule has 0 fully saturated rings. The summed E-state index contributed by atoms with van der Waals surface area (Å²) >= 11 is 0. The highest BCUT2D eigenvalue weighted by Gasteiger charge is 2.07. The Morgan fingerprint density at radius 2 is 2.07 bits per heavy atom.